The molecule has 1 aromatic carbocycles. The van der Waals surface area contributed by atoms with Gasteiger partial charge in [-0.15, -0.1) is 11.3 Å². The number of aromatic nitrogens is 3. The third-order valence-electron chi connectivity index (χ3n) is 5.30. The number of nitrogens with one attached hydrogen (secondary N) is 1. The van der Waals surface area contributed by atoms with E-state index in [-0.39, 0.29) is 18.1 Å². The number of ether oxygens (including phenoxy) is 1. The maximum Gasteiger partial charge on any atom is 0.257 e. The van der Waals surface area contributed by atoms with Crippen LogP contribution in [0, 0.1) is 6.92 Å². The molecule has 8 nitrogen and oxygen atoms in total. The summed E-state index contributed by atoms with van der Waals surface area (Å²) in [7, 11) is 1.59. The Morgan fingerprint density at radius 1 is 1.20 bits per heavy atom. The fourth-order valence-electron chi connectivity index (χ4n) is 3.35. The zero-order valence-electron chi connectivity index (χ0n) is 19.4. The lowest BCUT2D eigenvalue weighted by atomic mass is 10.0. The van der Waals surface area contributed by atoms with Crippen molar-refractivity contribution < 1.29 is 19.4 Å². The van der Waals surface area contributed by atoms with Gasteiger partial charge in [0.2, 0.25) is 0 Å². The number of ketones is 1. The molecular formula is C25H24N4O4S2. The highest BCUT2D eigenvalue weighted by molar-refractivity contribution is 8.00. The van der Waals surface area contributed by atoms with Crippen LogP contribution >= 0.6 is 23.1 Å². The van der Waals surface area contributed by atoms with Crippen LogP contribution in [0.4, 0.5) is 0 Å². The molecule has 0 radical (unpaired) electrons. The summed E-state index contributed by atoms with van der Waals surface area (Å²) in [6.07, 6.45) is 3.29. The average molecular weight is 509 g/mol. The van der Waals surface area contributed by atoms with Gasteiger partial charge in [-0.3, -0.25) is 14.6 Å². The maximum atomic E-state index is 12.9. The number of methoxy groups -OCH3 is 1. The number of carbonyl (C=O) groups excluding carboxylic acids is 2. The van der Waals surface area contributed by atoms with Crippen molar-refractivity contribution in [3.63, 3.8) is 0 Å². The minimum atomic E-state index is -1.77. The summed E-state index contributed by atoms with van der Waals surface area (Å²) in [6.45, 7) is 3.47. The first-order chi connectivity index (χ1) is 16.8. The molecule has 35 heavy (non-hydrogen) atoms. The molecule has 0 aliphatic rings. The van der Waals surface area contributed by atoms with Crippen LogP contribution in [0.15, 0.2) is 59.9 Å². The van der Waals surface area contributed by atoms with Gasteiger partial charge in [0.1, 0.15) is 16.6 Å². The lowest BCUT2D eigenvalue weighted by Gasteiger charge is -2.21. The molecule has 1 atom stereocenters. The Morgan fingerprint density at radius 3 is 2.77 bits per heavy atom. The zero-order chi connectivity index (χ0) is 25.0. The molecule has 3 aromatic heterocycles. The quantitative estimate of drug-likeness (QED) is 0.199. The predicted octanol–water partition coefficient (Wildman–Crippen LogP) is 3.90. The van der Waals surface area contributed by atoms with E-state index >= 15 is 0 Å². The van der Waals surface area contributed by atoms with Crippen LogP contribution in [0.25, 0.3) is 10.9 Å². The maximum absolute atomic E-state index is 12.9. The lowest BCUT2D eigenvalue weighted by molar-refractivity contribution is -0.138. The van der Waals surface area contributed by atoms with Crippen LogP contribution in [0.1, 0.15) is 32.9 Å². The number of aryl methyl sites for hydroxylation is 1. The molecule has 1 amide bonds. The molecule has 3 heterocycles. The predicted molar refractivity (Wildman–Crippen MR) is 136 cm³/mol. The first kappa shape index (κ1) is 24.8. The van der Waals surface area contributed by atoms with Gasteiger partial charge in [-0.05, 0) is 55.8 Å². The second-order valence-corrected chi connectivity index (χ2v) is 10.00. The number of thioether (sulfide) groups is 1. The number of benzene rings is 1. The lowest BCUT2D eigenvalue weighted by Crippen LogP contribution is -2.41. The van der Waals surface area contributed by atoms with Crippen molar-refractivity contribution in [1.29, 1.82) is 0 Å². The Hall–Kier alpha value is -3.34. The molecule has 0 aliphatic carbocycles. The van der Waals surface area contributed by atoms with Gasteiger partial charge in [0, 0.05) is 29.2 Å². The van der Waals surface area contributed by atoms with Gasteiger partial charge in [-0.2, -0.15) is 0 Å². The third kappa shape index (κ3) is 5.67. The fraction of sp³-hybridized carbons (Fsp3) is 0.240. The molecule has 180 valence electrons. The second-order valence-electron chi connectivity index (χ2n) is 7.95. The largest absolute Gasteiger partial charge is 0.497 e. The highest BCUT2D eigenvalue weighted by atomic mass is 32.2. The highest BCUT2D eigenvalue weighted by Gasteiger charge is 2.34. The molecule has 0 fully saturated rings. The summed E-state index contributed by atoms with van der Waals surface area (Å²) < 4.78 is 5.31. The number of hydrogen-bond acceptors (Lipinski definition) is 9. The molecule has 2 N–H and O–H groups in total. The summed E-state index contributed by atoms with van der Waals surface area (Å²) in [6, 6.07) is 12.4. The summed E-state index contributed by atoms with van der Waals surface area (Å²) in [5, 5.41) is 15.1. The standard InChI is InChI=1S/C25H24N4O4S2/c1-15-28-19-7-6-17(33-3)11-18(19)23(29-15)34-14-20(30)21-8-9-22(35-21)25(2,32)24(31)27-13-16-5-4-10-26-12-16/h4-12,32H,13-14H2,1-3H3,(H,27,31)/t25-/m1/s1. The van der Waals surface area contributed by atoms with Gasteiger partial charge in [0.25, 0.3) is 5.91 Å². The molecular weight excluding hydrogens is 484 g/mol. The van der Waals surface area contributed by atoms with Crippen molar-refractivity contribution >= 4 is 45.7 Å². The highest BCUT2D eigenvalue weighted by Crippen LogP contribution is 2.32. The Labute approximate surface area is 210 Å². The number of Topliss-reactive ketones (excluding diaryl/α,β-unsaturated/α-hetero) is 1. The van der Waals surface area contributed by atoms with E-state index in [0.717, 1.165) is 27.8 Å². The van der Waals surface area contributed by atoms with E-state index in [1.807, 2.05) is 31.2 Å². The molecule has 10 heteroatoms. The zero-order valence-corrected chi connectivity index (χ0v) is 21.1. The topological polar surface area (TPSA) is 114 Å². The van der Waals surface area contributed by atoms with E-state index in [0.29, 0.717) is 26.4 Å². The van der Waals surface area contributed by atoms with E-state index in [1.54, 1.807) is 37.7 Å². The SMILES string of the molecule is COc1ccc2nc(C)nc(SCC(=O)c3ccc([C@@](C)(O)C(=O)NCc4cccnc4)s3)c2c1. The molecule has 0 aliphatic heterocycles. The van der Waals surface area contributed by atoms with Crippen LogP contribution in [0.2, 0.25) is 0 Å². The van der Waals surface area contributed by atoms with Crippen LogP contribution < -0.4 is 10.1 Å². The van der Waals surface area contributed by atoms with Crippen molar-refractivity contribution in [2.45, 2.75) is 31.0 Å². The van der Waals surface area contributed by atoms with Crippen LogP contribution in [0.5, 0.6) is 5.75 Å². The second kappa shape index (κ2) is 10.5. The van der Waals surface area contributed by atoms with Gasteiger partial charge in [0.05, 0.1) is 23.3 Å². The average Bonchev–Trinajstić information content (AvgIpc) is 3.37. The van der Waals surface area contributed by atoms with Crippen LogP contribution in [-0.4, -0.2) is 44.6 Å². The number of carbonyl (C=O) groups is 2. The summed E-state index contributed by atoms with van der Waals surface area (Å²) >= 11 is 2.42. The number of amides is 1. The third-order valence-corrected chi connectivity index (χ3v) is 7.63. The Bertz CT molecular complexity index is 1370. The van der Waals surface area contributed by atoms with Crippen molar-refractivity contribution in [2.24, 2.45) is 0 Å². The fourth-order valence-corrected chi connectivity index (χ4v) is 5.37. The summed E-state index contributed by atoms with van der Waals surface area (Å²) in [4.78, 5) is 39.4. The van der Waals surface area contributed by atoms with Crippen molar-refractivity contribution in [2.75, 3.05) is 12.9 Å². The minimum Gasteiger partial charge on any atom is -0.497 e. The molecule has 4 rings (SSSR count). The van der Waals surface area contributed by atoms with Crippen molar-refractivity contribution in [3.8, 4) is 5.75 Å². The number of pyridine rings is 1. The van der Waals surface area contributed by atoms with Crippen LogP contribution in [0.3, 0.4) is 0 Å². The Morgan fingerprint density at radius 2 is 2.03 bits per heavy atom. The summed E-state index contributed by atoms with van der Waals surface area (Å²) in [5.74, 6) is 0.783. The van der Waals surface area contributed by atoms with Gasteiger partial charge in [-0.1, -0.05) is 17.8 Å². The Kier molecular flexibility index (Phi) is 7.44. The van der Waals surface area contributed by atoms with E-state index in [4.69, 9.17) is 4.74 Å². The van der Waals surface area contributed by atoms with E-state index in [1.165, 1.54) is 18.7 Å². The smallest absolute Gasteiger partial charge is 0.257 e. The van der Waals surface area contributed by atoms with Crippen LogP contribution in [-0.2, 0) is 16.9 Å². The number of fused-ring (bicyclic) bond motifs is 1. The number of nitrogens with zero attached hydrogens (tertiary/aromatic N) is 3. The normalized spacial score (nSPS) is 12.8. The molecule has 0 spiro atoms. The molecule has 0 saturated carbocycles. The number of thiophene rings is 1. The van der Waals surface area contributed by atoms with E-state index < -0.39 is 11.5 Å². The van der Waals surface area contributed by atoms with E-state index in [2.05, 4.69) is 20.3 Å². The van der Waals surface area contributed by atoms with Gasteiger partial charge < -0.3 is 15.2 Å². The van der Waals surface area contributed by atoms with E-state index in [9.17, 15) is 14.7 Å². The minimum absolute atomic E-state index is 0.120. The Balaban J connectivity index is 1.44. The number of hydrogen-bond donors (Lipinski definition) is 2. The monoisotopic (exact) mass is 508 g/mol. The van der Waals surface area contributed by atoms with Crippen molar-refractivity contribution in [1.82, 2.24) is 20.3 Å². The molecule has 0 unspecified atom stereocenters. The molecule has 4 aromatic rings. The van der Waals surface area contributed by atoms with Gasteiger partial charge >= 0.3 is 0 Å². The number of rotatable bonds is 9. The first-order valence-electron chi connectivity index (χ1n) is 10.8. The van der Waals surface area contributed by atoms with Gasteiger partial charge in [0.15, 0.2) is 11.4 Å². The summed E-state index contributed by atoms with van der Waals surface area (Å²) in [5.41, 5.74) is -0.171. The van der Waals surface area contributed by atoms with Crippen molar-refractivity contribution in [3.05, 3.63) is 76.0 Å². The van der Waals surface area contributed by atoms with Gasteiger partial charge in [-0.25, -0.2) is 9.97 Å². The number of aliphatic hydroxyl groups is 1. The molecule has 0 saturated heterocycles. The first-order valence-corrected chi connectivity index (χ1v) is 12.6. The molecule has 0 bridgehead atoms.